The molecule has 1 heterocycles. The summed E-state index contributed by atoms with van der Waals surface area (Å²) in [5, 5.41) is 3.23. The van der Waals surface area contributed by atoms with E-state index in [-0.39, 0.29) is 0 Å². The molecule has 0 spiro atoms. The Morgan fingerprint density at radius 3 is 2.72 bits per heavy atom. The van der Waals surface area contributed by atoms with Crippen LogP contribution in [-0.4, -0.2) is 29.0 Å². The Hall–Kier alpha value is -1.09. The van der Waals surface area contributed by atoms with Crippen molar-refractivity contribution in [1.82, 2.24) is 9.88 Å². The van der Waals surface area contributed by atoms with Gasteiger partial charge in [0.05, 0.1) is 0 Å². The van der Waals surface area contributed by atoms with Crippen molar-refractivity contribution in [3.05, 3.63) is 23.9 Å². The first-order valence-corrected chi connectivity index (χ1v) is 7.26. The third-order valence-electron chi connectivity index (χ3n) is 3.43. The Morgan fingerprint density at radius 2 is 2.17 bits per heavy atom. The van der Waals surface area contributed by atoms with Crippen LogP contribution < -0.4 is 5.32 Å². The third-order valence-corrected chi connectivity index (χ3v) is 3.43. The highest BCUT2D eigenvalue weighted by molar-refractivity contribution is 5.35. The highest BCUT2D eigenvalue weighted by Gasteiger charge is 2.28. The molecule has 1 aliphatic carbocycles. The molecule has 0 atom stereocenters. The largest absolute Gasteiger partial charge is 0.370 e. The van der Waals surface area contributed by atoms with Crippen molar-refractivity contribution >= 4 is 5.82 Å². The summed E-state index contributed by atoms with van der Waals surface area (Å²) in [5.74, 6) is 0.979. The van der Waals surface area contributed by atoms with Gasteiger partial charge in [-0.2, -0.15) is 0 Å². The second-order valence-electron chi connectivity index (χ2n) is 5.14. The van der Waals surface area contributed by atoms with E-state index < -0.39 is 0 Å². The summed E-state index contributed by atoms with van der Waals surface area (Å²) in [6, 6.07) is 5.13. The molecular weight excluding hydrogens is 222 g/mol. The van der Waals surface area contributed by atoms with Gasteiger partial charge in [-0.25, -0.2) is 4.98 Å². The lowest BCUT2D eigenvalue weighted by Gasteiger charge is -2.21. The number of unbranched alkanes of at least 4 members (excludes halogenated alkanes) is 1. The van der Waals surface area contributed by atoms with Gasteiger partial charge in [0.25, 0.3) is 0 Å². The highest BCUT2D eigenvalue weighted by Crippen LogP contribution is 2.28. The molecule has 0 saturated heterocycles. The Labute approximate surface area is 111 Å². The minimum absolute atomic E-state index is 0.838. The molecule has 1 aliphatic rings. The fourth-order valence-electron chi connectivity index (χ4n) is 2.23. The van der Waals surface area contributed by atoms with E-state index in [1.165, 1.54) is 37.8 Å². The van der Waals surface area contributed by atoms with Crippen molar-refractivity contribution in [2.75, 3.05) is 18.4 Å². The normalized spacial score (nSPS) is 15.1. The molecule has 1 saturated carbocycles. The molecule has 0 bridgehead atoms. The zero-order chi connectivity index (χ0) is 12.8. The van der Waals surface area contributed by atoms with E-state index in [4.69, 9.17) is 0 Å². The van der Waals surface area contributed by atoms with Gasteiger partial charge < -0.3 is 5.32 Å². The van der Waals surface area contributed by atoms with Gasteiger partial charge in [0.2, 0.25) is 0 Å². The smallest absolute Gasteiger partial charge is 0.125 e. The standard InChI is InChI=1S/C15H25N3/c1-3-5-10-18(14-7-8-14)12-13-6-9-15(16-4-2)17-11-13/h6,9,11,14H,3-5,7-8,10,12H2,1-2H3,(H,16,17). The Morgan fingerprint density at radius 1 is 1.33 bits per heavy atom. The predicted molar refractivity (Wildman–Crippen MR) is 76.7 cm³/mol. The van der Waals surface area contributed by atoms with E-state index in [2.05, 4.69) is 41.2 Å². The minimum Gasteiger partial charge on any atom is -0.370 e. The molecule has 1 aromatic rings. The summed E-state index contributed by atoms with van der Waals surface area (Å²) >= 11 is 0. The van der Waals surface area contributed by atoms with Gasteiger partial charge >= 0.3 is 0 Å². The lowest BCUT2D eigenvalue weighted by atomic mass is 10.2. The molecule has 1 N–H and O–H groups in total. The average Bonchev–Trinajstić information content (AvgIpc) is 3.21. The molecule has 3 nitrogen and oxygen atoms in total. The van der Waals surface area contributed by atoms with Crippen LogP contribution in [0, 0.1) is 0 Å². The first kappa shape index (κ1) is 13.3. The SMILES string of the molecule is CCCCN(Cc1ccc(NCC)nc1)C1CC1. The van der Waals surface area contributed by atoms with Crippen LogP contribution in [0.3, 0.4) is 0 Å². The second kappa shape index (κ2) is 6.74. The summed E-state index contributed by atoms with van der Waals surface area (Å²) in [4.78, 5) is 7.06. The molecule has 1 fully saturated rings. The van der Waals surface area contributed by atoms with Gasteiger partial charge in [-0.3, -0.25) is 4.90 Å². The van der Waals surface area contributed by atoms with E-state index in [9.17, 15) is 0 Å². The molecule has 0 aromatic carbocycles. The minimum atomic E-state index is 0.838. The lowest BCUT2D eigenvalue weighted by Crippen LogP contribution is -2.26. The van der Waals surface area contributed by atoms with Gasteiger partial charge in [0, 0.05) is 25.3 Å². The summed E-state index contributed by atoms with van der Waals surface area (Å²) in [6.45, 7) is 7.57. The Kier molecular flexibility index (Phi) is 5.00. The zero-order valence-corrected chi connectivity index (χ0v) is 11.7. The fraction of sp³-hybridized carbons (Fsp3) is 0.667. The molecule has 0 unspecified atom stereocenters. The van der Waals surface area contributed by atoms with Crippen LogP contribution in [0.15, 0.2) is 18.3 Å². The summed E-state index contributed by atoms with van der Waals surface area (Å²) in [5.41, 5.74) is 1.33. The summed E-state index contributed by atoms with van der Waals surface area (Å²) < 4.78 is 0. The van der Waals surface area contributed by atoms with Crippen molar-refractivity contribution in [3.8, 4) is 0 Å². The number of nitrogens with one attached hydrogen (secondary N) is 1. The molecule has 100 valence electrons. The van der Waals surface area contributed by atoms with Gasteiger partial charge in [-0.1, -0.05) is 19.4 Å². The number of anilines is 1. The van der Waals surface area contributed by atoms with E-state index in [0.29, 0.717) is 0 Å². The molecule has 2 rings (SSSR count). The maximum absolute atomic E-state index is 4.44. The maximum Gasteiger partial charge on any atom is 0.125 e. The van der Waals surface area contributed by atoms with Crippen LogP contribution in [0.5, 0.6) is 0 Å². The topological polar surface area (TPSA) is 28.2 Å². The number of hydrogen-bond acceptors (Lipinski definition) is 3. The van der Waals surface area contributed by atoms with Crippen LogP contribution in [-0.2, 0) is 6.54 Å². The first-order valence-electron chi connectivity index (χ1n) is 7.26. The van der Waals surface area contributed by atoms with Gasteiger partial charge in [0.1, 0.15) is 5.82 Å². The van der Waals surface area contributed by atoms with E-state index >= 15 is 0 Å². The van der Waals surface area contributed by atoms with Crippen LogP contribution in [0.25, 0.3) is 0 Å². The first-order chi connectivity index (χ1) is 8.83. The van der Waals surface area contributed by atoms with E-state index in [0.717, 1.165) is 24.9 Å². The number of hydrogen-bond donors (Lipinski definition) is 1. The van der Waals surface area contributed by atoms with Gasteiger partial charge in [-0.05, 0) is 44.4 Å². The number of pyridine rings is 1. The molecule has 1 aromatic heterocycles. The van der Waals surface area contributed by atoms with Crippen molar-refractivity contribution < 1.29 is 0 Å². The predicted octanol–water partition coefficient (Wildman–Crippen LogP) is 3.28. The number of nitrogens with zero attached hydrogens (tertiary/aromatic N) is 2. The number of aromatic nitrogens is 1. The quantitative estimate of drug-likeness (QED) is 0.764. The van der Waals surface area contributed by atoms with Crippen LogP contribution in [0.2, 0.25) is 0 Å². The van der Waals surface area contributed by atoms with Gasteiger partial charge in [0.15, 0.2) is 0 Å². The Balaban J connectivity index is 1.89. The van der Waals surface area contributed by atoms with E-state index in [1.807, 2.05) is 6.20 Å². The lowest BCUT2D eigenvalue weighted by molar-refractivity contribution is 0.250. The maximum atomic E-state index is 4.44. The molecule has 3 heteroatoms. The fourth-order valence-corrected chi connectivity index (χ4v) is 2.23. The average molecular weight is 247 g/mol. The Bertz CT molecular complexity index is 343. The molecule has 18 heavy (non-hydrogen) atoms. The van der Waals surface area contributed by atoms with Crippen molar-refractivity contribution in [2.45, 2.75) is 52.1 Å². The second-order valence-corrected chi connectivity index (χ2v) is 5.14. The molecule has 0 amide bonds. The monoisotopic (exact) mass is 247 g/mol. The van der Waals surface area contributed by atoms with Crippen LogP contribution in [0.4, 0.5) is 5.82 Å². The molecule has 0 radical (unpaired) electrons. The van der Waals surface area contributed by atoms with Gasteiger partial charge in [-0.15, -0.1) is 0 Å². The van der Waals surface area contributed by atoms with E-state index in [1.54, 1.807) is 0 Å². The van der Waals surface area contributed by atoms with Crippen molar-refractivity contribution in [2.24, 2.45) is 0 Å². The zero-order valence-electron chi connectivity index (χ0n) is 11.7. The van der Waals surface area contributed by atoms with Crippen LogP contribution >= 0.6 is 0 Å². The highest BCUT2D eigenvalue weighted by atomic mass is 15.2. The summed E-state index contributed by atoms with van der Waals surface area (Å²) in [6.07, 6.45) is 7.36. The number of rotatable bonds is 8. The van der Waals surface area contributed by atoms with Crippen molar-refractivity contribution in [1.29, 1.82) is 0 Å². The summed E-state index contributed by atoms with van der Waals surface area (Å²) in [7, 11) is 0. The van der Waals surface area contributed by atoms with Crippen LogP contribution in [0.1, 0.15) is 45.1 Å². The third kappa shape index (κ3) is 3.98. The molecule has 0 aliphatic heterocycles. The molecular formula is C15H25N3. The van der Waals surface area contributed by atoms with Crippen molar-refractivity contribution in [3.63, 3.8) is 0 Å².